The first kappa shape index (κ1) is 12.3. The Hall–Kier alpha value is -1.82. The standard InChI is InChI=1S/C10H14N2O4/c1-6-8(10(14)15-2)3-7(16-6)4-12-5-9(11)13/h3,12H,4-5H2,1-2H3,(H2,11,13). The molecule has 88 valence electrons. The first-order valence-corrected chi connectivity index (χ1v) is 4.71. The summed E-state index contributed by atoms with van der Waals surface area (Å²) in [6.07, 6.45) is 0. The quantitative estimate of drug-likeness (QED) is 0.686. The first-order chi connectivity index (χ1) is 7.54. The number of rotatable bonds is 5. The number of nitrogens with one attached hydrogen (secondary N) is 1. The highest BCUT2D eigenvalue weighted by Gasteiger charge is 2.14. The van der Waals surface area contributed by atoms with Crippen LogP contribution in [0.1, 0.15) is 21.9 Å². The van der Waals surface area contributed by atoms with Crippen molar-refractivity contribution in [2.45, 2.75) is 13.5 Å². The molecule has 0 aliphatic heterocycles. The Balaban J connectivity index is 2.62. The Morgan fingerprint density at radius 1 is 1.56 bits per heavy atom. The Morgan fingerprint density at radius 2 is 2.25 bits per heavy atom. The van der Waals surface area contributed by atoms with Crippen LogP contribution in [-0.4, -0.2) is 25.5 Å². The fourth-order valence-electron chi connectivity index (χ4n) is 1.25. The highest BCUT2D eigenvalue weighted by atomic mass is 16.5. The Morgan fingerprint density at radius 3 is 2.81 bits per heavy atom. The molecule has 6 heteroatoms. The number of primary amides is 1. The molecule has 3 N–H and O–H groups in total. The largest absolute Gasteiger partial charge is 0.465 e. The van der Waals surface area contributed by atoms with Gasteiger partial charge in [-0.25, -0.2) is 4.79 Å². The van der Waals surface area contributed by atoms with E-state index in [9.17, 15) is 9.59 Å². The van der Waals surface area contributed by atoms with Gasteiger partial charge < -0.3 is 20.2 Å². The molecule has 1 amide bonds. The predicted octanol–water partition coefficient (Wildman–Crippen LogP) is -0.0505. The van der Waals surface area contributed by atoms with E-state index in [1.54, 1.807) is 13.0 Å². The number of esters is 1. The van der Waals surface area contributed by atoms with E-state index in [1.165, 1.54) is 7.11 Å². The minimum absolute atomic E-state index is 0.0628. The molecule has 6 nitrogen and oxygen atoms in total. The molecule has 1 aromatic heterocycles. The molecule has 0 saturated heterocycles. The number of furan rings is 1. The molecule has 0 radical (unpaired) electrons. The zero-order valence-electron chi connectivity index (χ0n) is 9.20. The molecule has 0 aliphatic carbocycles. The molecule has 0 aromatic carbocycles. The number of hydrogen-bond donors (Lipinski definition) is 2. The summed E-state index contributed by atoms with van der Waals surface area (Å²) < 4.78 is 9.88. The lowest BCUT2D eigenvalue weighted by Gasteiger charge is -1.97. The van der Waals surface area contributed by atoms with Crippen LogP contribution < -0.4 is 11.1 Å². The molecule has 0 bridgehead atoms. The number of carbonyl (C=O) groups is 2. The number of amides is 1. The maximum absolute atomic E-state index is 11.3. The Kier molecular flexibility index (Phi) is 4.07. The van der Waals surface area contributed by atoms with Crippen molar-refractivity contribution in [3.63, 3.8) is 0 Å². The summed E-state index contributed by atoms with van der Waals surface area (Å²) in [5.41, 5.74) is 5.34. The van der Waals surface area contributed by atoms with Gasteiger partial charge in [0.25, 0.3) is 0 Å². The van der Waals surface area contributed by atoms with E-state index in [0.29, 0.717) is 23.6 Å². The van der Waals surface area contributed by atoms with Gasteiger partial charge in [-0.05, 0) is 13.0 Å². The fourth-order valence-corrected chi connectivity index (χ4v) is 1.25. The number of aryl methyl sites for hydroxylation is 1. The first-order valence-electron chi connectivity index (χ1n) is 4.71. The third-order valence-corrected chi connectivity index (χ3v) is 1.97. The van der Waals surface area contributed by atoms with Gasteiger partial charge in [0.1, 0.15) is 17.1 Å². The molecular formula is C10H14N2O4. The average Bonchev–Trinajstić information content (AvgIpc) is 2.58. The van der Waals surface area contributed by atoms with Gasteiger partial charge >= 0.3 is 5.97 Å². The lowest BCUT2D eigenvalue weighted by Crippen LogP contribution is -2.27. The van der Waals surface area contributed by atoms with Crippen molar-refractivity contribution in [2.75, 3.05) is 13.7 Å². The highest BCUT2D eigenvalue weighted by molar-refractivity contribution is 5.90. The van der Waals surface area contributed by atoms with Crippen LogP contribution in [0.25, 0.3) is 0 Å². The van der Waals surface area contributed by atoms with Crippen LogP contribution in [0.5, 0.6) is 0 Å². The molecular weight excluding hydrogens is 212 g/mol. The van der Waals surface area contributed by atoms with Crippen LogP contribution in [0, 0.1) is 6.92 Å². The lowest BCUT2D eigenvalue weighted by atomic mass is 10.2. The van der Waals surface area contributed by atoms with Crippen LogP contribution in [-0.2, 0) is 16.1 Å². The van der Waals surface area contributed by atoms with Crippen molar-refractivity contribution in [3.05, 3.63) is 23.2 Å². The molecule has 1 heterocycles. The van der Waals surface area contributed by atoms with Crippen molar-refractivity contribution in [1.82, 2.24) is 5.32 Å². The number of ether oxygens (including phenoxy) is 1. The van der Waals surface area contributed by atoms with Crippen molar-refractivity contribution in [1.29, 1.82) is 0 Å². The molecule has 0 saturated carbocycles. The van der Waals surface area contributed by atoms with E-state index in [0.717, 1.165) is 0 Å². The van der Waals surface area contributed by atoms with Gasteiger partial charge in [0.05, 0.1) is 20.2 Å². The number of methoxy groups -OCH3 is 1. The topological polar surface area (TPSA) is 94.6 Å². The monoisotopic (exact) mass is 226 g/mol. The average molecular weight is 226 g/mol. The minimum Gasteiger partial charge on any atom is -0.465 e. The number of carbonyl (C=O) groups excluding carboxylic acids is 2. The van der Waals surface area contributed by atoms with Crippen LogP contribution in [0.3, 0.4) is 0 Å². The summed E-state index contributed by atoms with van der Waals surface area (Å²) in [5, 5.41) is 2.78. The highest BCUT2D eigenvalue weighted by Crippen LogP contribution is 2.15. The zero-order chi connectivity index (χ0) is 12.1. The Labute approximate surface area is 92.7 Å². The predicted molar refractivity (Wildman–Crippen MR) is 55.7 cm³/mol. The second-order valence-electron chi connectivity index (χ2n) is 3.24. The van der Waals surface area contributed by atoms with E-state index in [1.807, 2.05) is 0 Å². The summed E-state index contributed by atoms with van der Waals surface area (Å²) in [5.74, 6) is 0.153. The van der Waals surface area contributed by atoms with Crippen molar-refractivity contribution >= 4 is 11.9 Å². The van der Waals surface area contributed by atoms with Gasteiger partial charge in [0.2, 0.25) is 5.91 Å². The molecule has 0 aliphatic rings. The Bertz CT molecular complexity index is 398. The minimum atomic E-state index is -0.448. The fraction of sp³-hybridized carbons (Fsp3) is 0.400. The normalized spacial score (nSPS) is 10.1. The van der Waals surface area contributed by atoms with E-state index in [-0.39, 0.29) is 6.54 Å². The van der Waals surface area contributed by atoms with Gasteiger partial charge in [0, 0.05) is 0 Å². The molecule has 0 fully saturated rings. The number of hydrogen-bond acceptors (Lipinski definition) is 5. The zero-order valence-corrected chi connectivity index (χ0v) is 9.20. The van der Waals surface area contributed by atoms with Crippen LogP contribution in [0.15, 0.2) is 10.5 Å². The SMILES string of the molecule is COC(=O)c1cc(CNCC(N)=O)oc1C. The van der Waals surface area contributed by atoms with Crippen LogP contribution >= 0.6 is 0 Å². The van der Waals surface area contributed by atoms with Crippen molar-refractivity contribution in [3.8, 4) is 0 Å². The van der Waals surface area contributed by atoms with Gasteiger partial charge in [-0.1, -0.05) is 0 Å². The smallest absolute Gasteiger partial charge is 0.341 e. The second kappa shape index (κ2) is 5.32. The van der Waals surface area contributed by atoms with E-state index in [4.69, 9.17) is 10.2 Å². The van der Waals surface area contributed by atoms with Crippen LogP contribution in [0.4, 0.5) is 0 Å². The molecule has 0 unspecified atom stereocenters. The van der Waals surface area contributed by atoms with E-state index < -0.39 is 11.9 Å². The molecule has 1 aromatic rings. The van der Waals surface area contributed by atoms with Crippen LogP contribution in [0.2, 0.25) is 0 Å². The summed E-state index contributed by atoms with van der Waals surface area (Å²) >= 11 is 0. The summed E-state index contributed by atoms with van der Waals surface area (Å²) in [6.45, 7) is 2.07. The summed E-state index contributed by atoms with van der Waals surface area (Å²) in [4.78, 5) is 21.7. The maximum atomic E-state index is 11.3. The molecule has 1 rings (SSSR count). The van der Waals surface area contributed by atoms with Crippen molar-refractivity contribution < 1.29 is 18.7 Å². The van der Waals surface area contributed by atoms with Gasteiger partial charge in [-0.3, -0.25) is 4.79 Å². The third-order valence-electron chi connectivity index (χ3n) is 1.97. The lowest BCUT2D eigenvalue weighted by molar-refractivity contribution is -0.117. The number of nitrogens with two attached hydrogens (primary N) is 1. The van der Waals surface area contributed by atoms with Gasteiger partial charge in [0.15, 0.2) is 0 Å². The van der Waals surface area contributed by atoms with E-state index >= 15 is 0 Å². The van der Waals surface area contributed by atoms with Crippen molar-refractivity contribution in [2.24, 2.45) is 5.73 Å². The molecule has 16 heavy (non-hydrogen) atoms. The molecule has 0 atom stereocenters. The van der Waals surface area contributed by atoms with E-state index in [2.05, 4.69) is 10.1 Å². The summed E-state index contributed by atoms with van der Waals surface area (Å²) in [7, 11) is 1.31. The maximum Gasteiger partial charge on any atom is 0.341 e. The van der Waals surface area contributed by atoms with Gasteiger partial charge in [-0.2, -0.15) is 0 Å². The summed E-state index contributed by atoms with van der Waals surface area (Å²) in [6, 6.07) is 1.58. The third kappa shape index (κ3) is 3.09. The molecule has 0 spiro atoms. The van der Waals surface area contributed by atoms with Gasteiger partial charge in [-0.15, -0.1) is 0 Å². The second-order valence-corrected chi connectivity index (χ2v) is 3.24.